The summed E-state index contributed by atoms with van der Waals surface area (Å²) in [6, 6.07) is 23.2. The van der Waals surface area contributed by atoms with Gasteiger partial charge in [0.25, 0.3) is 0 Å². The van der Waals surface area contributed by atoms with Gasteiger partial charge < -0.3 is 14.8 Å². The molecule has 0 amide bonds. The summed E-state index contributed by atoms with van der Waals surface area (Å²) in [5, 5.41) is 14.7. The Kier molecular flexibility index (Phi) is 6.04. The third kappa shape index (κ3) is 5.14. The van der Waals surface area contributed by atoms with E-state index in [2.05, 4.69) is 31.2 Å². The second kappa shape index (κ2) is 9.23. The lowest BCUT2D eigenvalue weighted by atomic mass is 10.3. The molecule has 1 N–H and O–H groups in total. The maximum Gasteiger partial charge on any atom is 0.373 e. The number of para-hydroxylation sites is 1. The van der Waals surface area contributed by atoms with E-state index in [0.717, 1.165) is 4.47 Å². The zero-order valence-electron chi connectivity index (χ0n) is 15.9. The molecule has 0 aliphatic carbocycles. The molecule has 0 atom stereocenters. The molecule has 0 spiro atoms. The molecule has 9 heteroatoms. The lowest BCUT2D eigenvalue weighted by molar-refractivity contribution is -0.385. The summed E-state index contributed by atoms with van der Waals surface area (Å²) in [6.45, 7) is 0. The summed E-state index contributed by atoms with van der Waals surface area (Å²) in [5.74, 6) is 1.62. The van der Waals surface area contributed by atoms with Crippen molar-refractivity contribution in [2.75, 3.05) is 5.32 Å². The zero-order chi connectivity index (χ0) is 21.6. The molecule has 4 aromatic rings. The summed E-state index contributed by atoms with van der Waals surface area (Å²) in [5.41, 5.74) is 0.229. The molecular formula is C22H15BrN4O4. The summed E-state index contributed by atoms with van der Waals surface area (Å²) < 4.78 is 12.2. The monoisotopic (exact) mass is 478 g/mol. The highest BCUT2D eigenvalue weighted by molar-refractivity contribution is 9.10. The predicted molar refractivity (Wildman–Crippen MR) is 119 cm³/mol. The molecule has 154 valence electrons. The first-order chi connectivity index (χ1) is 15.1. The quantitative estimate of drug-likeness (QED) is 0.239. The summed E-state index contributed by atoms with van der Waals surface area (Å²) >= 11 is 3.33. The van der Waals surface area contributed by atoms with Gasteiger partial charge in [-0.3, -0.25) is 10.1 Å². The van der Waals surface area contributed by atoms with Gasteiger partial charge in [0, 0.05) is 10.2 Å². The number of rotatable bonds is 7. The standard InChI is InChI=1S/C22H15BrN4O4/c23-15-6-10-19(11-7-15)31-22-20(27(28)29)21(24-14-25-22)26-16-8-12-18(13-9-16)30-17-4-2-1-3-5-17/h1-14H,(H,24,25,26). The molecule has 0 bridgehead atoms. The van der Waals surface area contributed by atoms with Crippen LogP contribution in [-0.2, 0) is 0 Å². The number of halogens is 1. The highest BCUT2D eigenvalue weighted by atomic mass is 79.9. The topological polar surface area (TPSA) is 99.4 Å². The molecule has 1 aromatic heterocycles. The van der Waals surface area contributed by atoms with Gasteiger partial charge in [-0.15, -0.1) is 0 Å². The van der Waals surface area contributed by atoms with Gasteiger partial charge in [0.05, 0.1) is 4.92 Å². The van der Waals surface area contributed by atoms with Crippen LogP contribution in [0.25, 0.3) is 0 Å². The first-order valence-electron chi connectivity index (χ1n) is 9.11. The number of hydrogen-bond acceptors (Lipinski definition) is 7. The van der Waals surface area contributed by atoms with Crippen molar-refractivity contribution < 1.29 is 14.4 Å². The Morgan fingerprint density at radius 1 is 0.806 bits per heavy atom. The summed E-state index contributed by atoms with van der Waals surface area (Å²) in [4.78, 5) is 19.1. The second-order valence-electron chi connectivity index (χ2n) is 6.25. The van der Waals surface area contributed by atoms with E-state index in [-0.39, 0.29) is 17.4 Å². The van der Waals surface area contributed by atoms with E-state index in [1.165, 1.54) is 6.33 Å². The number of nitrogens with zero attached hydrogens (tertiary/aromatic N) is 3. The van der Waals surface area contributed by atoms with Crippen LogP contribution in [-0.4, -0.2) is 14.9 Å². The Labute approximate surface area is 185 Å². The molecule has 8 nitrogen and oxygen atoms in total. The third-order valence-electron chi connectivity index (χ3n) is 4.10. The lowest BCUT2D eigenvalue weighted by Crippen LogP contribution is -2.03. The van der Waals surface area contributed by atoms with E-state index in [9.17, 15) is 10.1 Å². The van der Waals surface area contributed by atoms with Crippen molar-refractivity contribution in [3.63, 3.8) is 0 Å². The van der Waals surface area contributed by atoms with Crippen LogP contribution in [0, 0.1) is 10.1 Å². The van der Waals surface area contributed by atoms with Crippen LogP contribution in [0.1, 0.15) is 0 Å². The van der Waals surface area contributed by atoms with Crippen molar-refractivity contribution in [1.82, 2.24) is 9.97 Å². The van der Waals surface area contributed by atoms with Crippen LogP contribution in [0.5, 0.6) is 23.1 Å². The average molecular weight is 479 g/mol. The molecule has 0 unspecified atom stereocenters. The fourth-order valence-electron chi connectivity index (χ4n) is 2.68. The molecule has 1 heterocycles. The van der Waals surface area contributed by atoms with Gasteiger partial charge in [-0.2, -0.15) is 4.98 Å². The number of nitrogens with one attached hydrogen (secondary N) is 1. The first kappa shape index (κ1) is 20.3. The lowest BCUT2D eigenvalue weighted by Gasteiger charge is -2.10. The molecule has 0 radical (unpaired) electrons. The minimum absolute atomic E-state index is 0.0174. The zero-order valence-corrected chi connectivity index (χ0v) is 17.5. The van der Waals surface area contributed by atoms with E-state index >= 15 is 0 Å². The van der Waals surface area contributed by atoms with Gasteiger partial charge >= 0.3 is 11.6 Å². The van der Waals surface area contributed by atoms with Crippen molar-refractivity contribution in [3.05, 3.63) is 99.8 Å². The average Bonchev–Trinajstić information content (AvgIpc) is 2.77. The Morgan fingerprint density at radius 2 is 1.42 bits per heavy atom. The van der Waals surface area contributed by atoms with Crippen molar-refractivity contribution in [2.45, 2.75) is 0 Å². The van der Waals surface area contributed by atoms with Crippen molar-refractivity contribution in [3.8, 4) is 23.1 Å². The number of anilines is 2. The van der Waals surface area contributed by atoms with Gasteiger partial charge in [-0.1, -0.05) is 34.1 Å². The van der Waals surface area contributed by atoms with Gasteiger partial charge in [-0.05, 0) is 60.7 Å². The van der Waals surface area contributed by atoms with E-state index in [4.69, 9.17) is 9.47 Å². The molecule has 31 heavy (non-hydrogen) atoms. The maximum absolute atomic E-state index is 11.7. The van der Waals surface area contributed by atoms with Crippen LogP contribution in [0.2, 0.25) is 0 Å². The smallest absolute Gasteiger partial charge is 0.373 e. The van der Waals surface area contributed by atoms with Gasteiger partial charge in [0.1, 0.15) is 23.6 Å². The maximum atomic E-state index is 11.7. The fraction of sp³-hybridized carbons (Fsp3) is 0. The molecule has 0 saturated heterocycles. The number of ether oxygens (including phenoxy) is 2. The molecule has 0 aliphatic heterocycles. The highest BCUT2D eigenvalue weighted by Crippen LogP contribution is 2.36. The van der Waals surface area contributed by atoms with Gasteiger partial charge in [0.2, 0.25) is 5.82 Å². The van der Waals surface area contributed by atoms with Crippen molar-refractivity contribution in [1.29, 1.82) is 0 Å². The van der Waals surface area contributed by atoms with E-state index in [1.807, 2.05) is 30.3 Å². The Bertz CT molecular complexity index is 1190. The van der Waals surface area contributed by atoms with E-state index in [1.54, 1.807) is 48.5 Å². The largest absolute Gasteiger partial charge is 0.457 e. The minimum atomic E-state index is -0.580. The molecule has 0 fully saturated rings. The molecule has 3 aromatic carbocycles. The third-order valence-corrected chi connectivity index (χ3v) is 4.62. The molecule has 4 rings (SSSR count). The number of benzene rings is 3. The minimum Gasteiger partial charge on any atom is -0.457 e. The Hall–Kier alpha value is -3.98. The van der Waals surface area contributed by atoms with Gasteiger partial charge in [0.15, 0.2) is 0 Å². The molecule has 0 saturated carbocycles. The predicted octanol–water partition coefficient (Wildman–Crippen LogP) is 6.48. The normalized spacial score (nSPS) is 10.4. The van der Waals surface area contributed by atoms with Crippen molar-refractivity contribution >= 4 is 33.1 Å². The second-order valence-corrected chi connectivity index (χ2v) is 7.17. The Balaban J connectivity index is 1.55. The number of hydrogen-bond donors (Lipinski definition) is 1. The van der Waals surface area contributed by atoms with Crippen LogP contribution >= 0.6 is 15.9 Å². The SMILES string of the molecule is O=[N+]([O-])c1c(Nc2ccc(Oc3ccccc3)cc2)ncnc1Oc1ccc(Br)cc1. The number of aromatic nitrogens is 2. The molecule has 0 aliphatic rings. The highest BCUT2D eigenvalue weighted by Gasteiger charge is 2.25. The van der Waals surface area contributed by atoms with Crippen LogP contribution in [0.4, 0.5) is 17.2 Å². The van der Waals surface area contributed by atoms with Crippen LogP contribution < -0.4 is 14.8 Å². The first-order valence-corrected chi connectivity index (χ1v) is 9.90. The Morgan fingerprint density at radius 3 is 2.10 bits per heavy atom. The van der Waals surface area contributed by atoms with Gasteiger partial charge in [-0.25, -0.2) is 4.98 Å². The van der Waals surface area contributed by atoms with Crippen LogP contribution in [0.3, 0.4) is 0 Å². The summed E-state index contributed by atoms with van der Waals surface area (Å²) in [6.07, 6.45) is 1.20. The van der Waals surface area contributed by atoms with Crippen molar-refractivity contribution in [2.24, 2.45) is 0 Å². The molecular weight excluding hydrogens is 464 g/mol. The fourth-order valence-corrected chi connectivity index (χ4v) is 2.94. The van der Waals surface area contributed by atoms with Crippen LogP contribution in [0.15, 0.2) is 89.7 Å². The summed E-state index contributed by atoms with van der Waals surface area (Å²) in [7, 11) is 0. The van der Waals surface area contributed by atoms with E-state index < -0.39 is 4.92 Å². The number of nitro groups is 1. The van der Waals surface area contributed by atoms with E-state index in [0.29, 0.717) is 22.9 Å².